The van der Waals surface area contributed by atoms with Crippen LogP contribution >= 0.6 is 0 Å². The minimum atomic E-state index is -0.696. The summed E-state index contributed by atoms with van der Waals surface area (Å²) in [5, 5.41) is 9.63. The van der Waals surface area contributed by atoms with E-state index in [1.54, 1.807) is 0 Å². The molecule has 6 atom stereocenters. The highest BCUT2D eigenvalue weighted by Crippen LogP contribution is 2.44. The molecule has 0 radical (unpaired) electrons. The van der Waals surface area contributed by atoms with Crippen LogP contribution in [0.2, 0.25) is 0 Å². The largest absolute Gasteiger partial charge is 0.394 e. The van der Waals surface area contributed by atoms with E-state index >= 15 is 0 Å². The zero-order valence-electron chi connectivity index (χ0n) is 12.5. The van der Waals surface area contributed by atoms with Crippen molar-refractivity contribution in [3.8, 4) is 0 Å². The molecule has 6 nitrogen and oxygen atoms in total. The molecule has 0 saturated carbocycles. The molecular weight excluding hydrogens is 288 g/mol. The summed E-state index contributed by atoms with van der Waals surface area (Å²) in [7, 11) is 0. The van der Waals surface area contributed by atoms with E-state index in [0.717, 1.165) is 5.56 Å². The highest BCUT2D eigenvalue weighted by Gasteiger charge is 2.59. The number of aliphatic hydroxyl groups is 1. The lowest BCUT2D eigenvalue weighted by atomic mass is 10.0. The third-order valence-corrected chi connectivity index (χ3v) is 4.22. The average molecular weight is 308 g/mol. The Labute approximate surface area is 128 Å². The Morgan fingerprint density at radius 3 is 2.45 bits per heavy atom. The minimum absolute atomic E-state index is 0.142. The van der Waals surface area contributed by atoms with E-state index in [-0.39, 0.29) is 18.8 Å². The summed E-state index contributed by atoms with van der Waals surface area (Å²) in [5.74, 6) is -0.696. The summed E-state index contributed by atoms with van der Waals surface area (Å²) in [6.45, 7) is 3.55. The van der Waals surface area contributed by atoms with Crippen molar-refractivity contribution >= 4 is 0 Å². The predicted molar refractivity (Wildman–Crippen MR) is 74.7 cm³/mol. The molecule has 1 aromatic carbocycles. The quantitative estimate of drug-likeness (QED) is 0.889. The molecule has 0 aliphatic carbocycles. The molecule has 1 N–H and O–H groups in total. The van der Waals surface area contributed by atoms with Crippen molar-refractivity contribution < 1.29 is 28.8 Å². The second kappa shape index (κ2) is 5.26. The maximum absolute atomic E-state index is 9.63. The van der Waals surface area contributed by atoms with Gasteiger partial charge in [-0.3, -0.25) is 0 Å². The molecule has 1 aromatic rings. The first-order valence-electron chi connectivity index (χ1n) is 7.55. The Morgan fingerprint density at radius 2 is 1.73 bits per heavy atom. The van der Waals surface area contributed by atoms with Crippen LogP contribution in [0.3, 0.4) is 0 Å². The van der Waals surface area contributed by atoms with Crippen molar-refractivity contribution in [1.29, 1.82) is 0 Å². The second-order valence-corrected chi connectivity index (χ2v) is 6.27. The first-order chi connectivity index (χ1) is 10.6. The van der Waals surface area contributed by atoms with Gasteiger partial charge in [0.1, 0.15) is 24.4 Å². The average Bonchev–Trinajstić information content (AvgIpc) is 2.99. The standard InChI is InChI=1S/C16H20O6/c1-16(2)21-13-12-11(19-15(13)22-16)10(8-17)18-14(20-12)9-6-4-3-5-7-9/h3-7,10-15,17H,8H2,1-2H3/t10-,11+,12-,13+,14-,15-/m0/s1. The fourth-order valence-electron chi connectivity index (χ4n) is 3.28. The Bertz CT molecular complexity index is 533. The van der Waals surface area contributed by atoms with Crippen molar-refractivity contribution in [1.82, 2.24) is 0 Å². The van der Waals surface area contributed by atoms with Crippen molar-refractivity contribution in [2.45, 2.75) is 56.6 Å². The molecule has 3 saturated heterocycles. The fourth-order valence-corrected chi connectivity index (χ4v) is 3.28. The molecule has 0 unspecified atom stereocenters. The van der Waals surface area contributed by atoms with Crippen LogP contribution in [0, 0.1) is 0 Å². The fraction of sp³-hybridized carbons (Fsp3) is 0.625. The Balaban J connectivity index is 1.59. The van der Waals surface area contributed by atoms with Gasteiger partial charge in [-0.15, -0.1) is 0 Å². The van der Waals surface area contributed by atoms with E-state index in [1.807, 2.05) is 44.2 Å². The lowest BCUT2D eigenvalue weighted by molar-refractivity contribution is -0.313. The minimum Gasteiger partial charge on any atom is -0.394 e. The number of aliphatic hydroxyl groups excluding tert-OH is 1. The molecule has 6 heteroatoms. The summed E-state index contributed by atoms with van der Waals surface area (Å²) in [6.07, 6.45) is -2.54. The lowest BCUT2D eigenvalue weighted by Crippen LogP contribution is -2.50. The van der Waals surface area contributed by atoms with Gasteiger partial charge in [-0.2, -0.15) is 0 Å². The Hall–Kier alpha value is -1.02. The number of hydrogen-bond donors (Lipinski definition) is 1. The molecular formula is C16H20O6. The number of ether oxygens (including phenoxy) is 5. The third kappa shape index (κ3) is 2.36. The second-order valence-electron chi connectivity index (χ2n) is 6.27. The molecule has 0 amide bonds. The van der Waals surface area contributed by atoms with E-state index in [2.05, 4.69) is 0 Å². The summed E-state index contributed by atoms with van der Waals surface area (Å²) in [5.41, 5.74) is 0.904. The van der Waals surface area contributed by atoms with Gasteiger partial charge in [0.05, 0.1) is 6.61 Å². The number of hydrogen-bond acceptors (Lipinski definition) is 6. The molecule has 22 heavy (non-hydrogen) atoms. The van der Waals surface area contributed by atoms with Crippen molar-refractivity contribution in [3.05, 3.63) is 35.9 Å². The SMILES string of the molecule is CC1(C)O[C@@H]2O[C@H]3[C@H](O[C@@H](c4ccccc4)O[C@H]3CO)[C@H]2O1. The van der Waals surface area contributed by atoms with Gasteiger partial charge in [0.15, 0.2) is 18.4 Å². The van der Waals surface area contributed by atoms with E-state index in [9.17, 15) is 5.11 Å². The van der Waals surface area contributed by atoms with E-state index in [1.165, 1.54) is 0 Å². The van der Waals surface area contributed by atoms with Gasteiger partial charge in [-0.25, -0.2) is 0 Å². The summed E-state index contributed by atoms with van der Waals surface area (Å²) < 4.78 is 29.4. The molecule has 0 aromatic heterocycles. The molecule has 0 spiro atoms. The zero-order valence-corrected chi connectivity index (χ0v) is 12.5. The van der Waals surface area contributed by atoms with Crippen LogP contribution < -0.4 is 0 Å². The molecule has 3 fully saturated rings. The van der Waals surface area contributed by atoms with Crippen LogP contribution in [0.4, 0.5) is 0 Å². The van der Waals surface area contributed by atoms with Gasteiger partial charge in [0.25, 0.3) is 0 Å². The van der Waals surface area contributed by atoms with Crippen LogP contribution in [-0.2, 0) is 23.7 Å². The van der Waals surface area contributed by atoms with Crippen LogP contribution in [0.5, 0.6) is 0 Å². The van der Waals surface area contributed by atoms with Gasteiger partial charge in [-0.05, 0) is 13.8 Å². The zero-order chi connectivity index (χ0) is 15.3. The highest BCUT2D eigenvalue weighted by molar-refractivity contribution is 5.17. The van der Waals surface area contributed by atoms with Gasteiger partial charge in [-0.1, -0.05) is 30.3 Å². The van der Waals surface area contributed by atoms with E-state index in [0.29, 0.717) is 0 Å². The molecule has 3 heterocycles. The molecule has 120 valence electrons. The van der Waals surface area contributed by atoms with Crippen molar-refractivity contribution in [2.75, 3.05) is 6.61 Å². The normalized spacial score (nSPS) is 42.9. The monoisotopic (exact) mass is 308 g/mol. The smallest absolute Gasteiger partial charge is 0.190 e. The summed E-state index contributed by atoms with van der Waals surface area (Å²) in [4.78, 5) is 0. The van der Waals surface area contributed by atoms with Crippen LogP contribution in [0.25, 0.3) is 0 Å². The van der Waals surface area contributed by atoms with Gasteiger partial charge < -0.3 is 28.8 Å². The molecule has 0 bridgehead atoms. The Morgan fingerprint density at radius 1 is 0.955 bits per heavy atom. The maximum Gasteiger partial charge on any atom is 0.190 e. The number of fused-ring (bicyclic) bond motifs is 3. The molecule has 4 rings (SSSR count). The van der Waals surface area contributed by atoms with Crippen LogP contribution in [-0.4, -0.2) is 48.2 Å². The predicted octanol–water partition coefficient (Wildman–Crippen LogP) is 1.34. The van der Waals surface area contributed by atoms with Crippen molar-refractivity contribution in [3.63, 3.8) is 0 Å². The first kappa shape index (κ1) is 14.6. The maximum atomic E-state index is 9.63. The molecule has 3 aliphatic heterocycles. The van der Waals surface area contributed by atoms with E-state index < -0.39 is 30.6 Å². The van der Waals surface area contributed by atoms with Gasteiger partial charge >= 0.3 is 0 Å². The lowest BCUT2D eigenvalue weighted by Gasteiger charge is -2.39. The number of benzene rings is 1. The number of rotatable bonds is 2. The van der Waals surface area contributed by atoms with Crippen LogP contribution in [0.1, 0.15) is 25.7 Å². The van der Waals surface area contributed by atoms with Gasteiger partial charge in [0.2, 0.25) is 0 Å². The van der Waals surface area contributed by atoms with Crippen molar-refractivity contribution in [2.24, 2.45) is 0 Å². The highest BCUT2D eigenvalue weighted by atomic mass is 16.9. The van der Waals surface area contributed by atoms with Gasteiger partial charge in [0, 0.05) is 5.56 Å². The van der Waals surface area contributed by atoms with Crippen LogP contribution in [0.15, 0.2) is 30.3 Å². The summed E-state index contributed by atoms with van der Waals surface area (Å²) in [6, 6.07) is 9.65. The van der Waals surface area contributed by atoms with E-state index in [4.69, 9.17) is 23.7 Å². The first-order valence-corrected chi connectivity index (χ1v) is 7.55. The topological polar surface area (TPSA) is 66.4 Å². The summed E-state index contributed by atoms with van der Waals surface area (Å²) >= 11 is 0. The molecule has 3 aliphatic rings. The third-order valence-electron chi connectivity index (χ3n) is 4.22. The Kier molecular flexibility index (Phi) is 3.48.